The number of fused-ring (bicyclic) bond motifs is 1. The molecule has 25 heavy (non-hydrogen) atoms. The monoisotopic (exact) mass is 337 g/mol. The number of rotatable bonds is 5. The predicted octanol–water partition coefficient (Wildman–Crippen LogP) is 5.20. The van der Waals surface area contributed by atoms with E-state index in [-0.39, 0.29) is 6.10 Å². The highest BCUT2D eigenvalue weighted by molar-refractivity contribution is 5.79. The van der Waals surface area contributed by atoms with Crippen molar-refractivity contribution in [3.05, 3.63) is 46.9 Å². The van der Waals surface area contributed by atoms with Crippen LogP contribution in [-0.4, -0.2) is 20.5 Å². The van der Waals surface area contributed by atoms with Gasteiger partial charge >= 0.3 is 0 Å². The van der Waals surface area contributed by atoms with Crippen LogP contribution in [0.1, 0.15) is 49.1 Å². The van der Waals surface area contributed by atoms with E-state index in [1.54, 1.807) is 0 Å². The van der Waals surface area contributed by atoms with Crippen molar-refractivity contribution in [2.24, 2.45) is 0 Å². The summed E-state index contributed by atoms with van der Waals surface area (Å²) in [6, 6.07) is 6.39. The fourth-order valence-corrected chi connectivity index (χ4v) is 3.50. The van der Waals surface area contributed by atoms with Crippen LogP contribution in [-0.2, 0) is 0 Å². The summed E-state index contributed by atoms with van der Waals surface area (Å²) >= 11 is 0. The van der Waals surface area contributed by atoms with E-state index < -0.39 is 0 Å². The summed E-state index contributed by atoms with van der Waals surface area (Å²) in [5.74, 6) is 0.817. The van der Waals surface area contributed by atoms with Crippen LogP contribution in [0.2, 0.25) is 0 Å². The average Bonchev–Trinajstić information content (AvgIpc) is 2.95. The molecule has 0 saturated heterocycles. The van der Waals surface area contributed by atoms with Gasteiger partial charge in [-0.05, 0) is 51.7 Å². The summed E-state index contributed by atoms with van der Waals surface area (Å²) in [5, 5.41) is 0. The largest absolute Gasteiger partial charge is 0.475 e. The highest BCUT2D eigenvalue weighted by Crippen LogP contribution is 2.31. The van der Waals surface area contributed by atoms with Gasteiger partial charge in [0, 0.05) is 17.3 Å². The van der Waals surface area contributed by atoms with Crippen molar-refractivity contribution in [1.29, 1.82) is 0 Å². The lowest BCUT2D eigenvalue weighted by molar-refractivity contribution is 0.182. The summed E-state index contributed by atoms with van der Waals surface area (Å²) in [7, 11) is 0. The molecule has 0 aliphatic heterocycles. The first-order chi connectivity index (χ1) is 11.9. The van der Waals surface area contributed by atoms with E-state index in [0.29, 0.717) is 0 Å². The molecule has 3 aromatic rings. The Kier molecular flexibility index (Phi) is 4.80. The molecule has 0 spiro atoms. The van der Waals surface area contributed by atoms with E-state index in [1.807, 2.05) is 23.7 Å². The molecule has 0 aliphatic carbocycles. The van der Waals surface area contributed by atoms with Gasteiger partial charge in [0.15, 0.2) is 5.65 Å². The van der Waals surface area contributed by atoms with Crippen molar-refractivity contribution in [3.8, 4) is 17.1 Å². The molecule has 0 radical (unpaired) electrons. The van der Waals surface area contributed by atoms with Crippen LogP contribution in [0.15, 0.2) is 24.5 Å². The van der Waals surface area contributed by atoms with Crippen LogP contribution < -0.4 is 4.74 Å². The first-order valence-electron chi connectivity index (χ1n) is 9.04. The molecule has 132 valence electrons. The van der Waals surface area contributed by atoms with Crippen LogP contribution in [0, 0.1) is 27.7 Å². The summed E-state index contributed by atoms with van der Waals surface area (Å²) in [6.07, 6.45) is 4.00. The normalized spacial score (nSPS) is 11.5. The quantitative estimate of drug-likeness (QED) is 0.642. The Morgan fingerprint density at radius 1 is 1.00 bits per heavy atom. The standard InChI is InChI=1S/C21H27N3O/c1-7-17(8-2)25-18-11-16(6)23-21-20(22-12-24(18)21)19-14(4)9-13(3)10-15(19)5/h9-12,17H,7-8H2,1-6H3. The van der Waals surface area contributed by atoms with Crippen LogP contribution in [0.25, 0.3) is 16.9 Å². The minimum Gasteiger partial charge on any atom is -0.475 e. The maximum absolute atomic E-state index is 6.22. The average molecular weight is 337 g/mol. The number of ether oxygens (including phenoxy) is 1. The molecule has 2 heterocycles. The molecule has 4 nitrogen and oxygen atoms in total. The summed E-state index contributed by atoms with van der Waals surface area (Å²) in [5.41, 5.74) is 7.61. The van der Waals surface area contributed by atoms with Crippen molar-refractivity contribution >= 4 is 5.65 Å². The van der Waals surface area contributed by atoms with Gasteiger partial charge in [0.2, 0.25) is 5.88 Å². The zero-order chi connectivity index (χ0) is 18.1. The lowest BCUT2D eigenvalue weighted by Crippen LogP contribution is -2.15. The van der Waals surface area contributed by atoms with Crippen molar-refractivity contribution in [2.45, 2.75) is 60.5 Å². The second-order valence-corrected chi connectivity index (χ2v) is 6.85. The highest BCUT2D eigenvalue weighted by Gasteiger charge is 2.17. The SMILES string of the molecule is CCC(CC)Oc1cc(C)nc2c(-c3c(C)cc(C)cc3C)ncn12. The molecule has 0 saturated carbocycles. The number of hydrogen-bond acceptors (Lipinski definition) is 3. The summed E-state index contributed by atoms with van der Waals surface area (Å²) in [4.78, 5) is 9.45. The van der Waals surface area contributed by atoms with Gasteiger partial charge in [-0.2, -0.15) is 0 Å². The molecule has 0 N–H and O–H groups in total. The van der Waals surface area contributed by atoms with Crippen LogP contribution >= 0.6 is 0 Å². The molecule has 3 rings (SSSR count). The van der Waals surface area contributed by atoms with Gasteiger partial charge in [-0.25, -0.2) is 9.97 Å². The highest BCUT2D eigenvalue weighted by atomic mass is 16.5. The van der Waals surface area contributed by atoms with E-state index in [0.717, 1.165) is 35.8 Å². The smallest absolute Gasteiger partial charge is 0.202 e. The molecule has 4 heteroatoms. The van der Waals surface area contributed by atoms with Crippen molar-refractivity contribution in [1.82, 2.24) is 14.4 Å². The number of hydrogen-bond donors (Lipinski definition) is 0. The zero-order valence-corrected chi connectivity index (χ0v) is 16.1. The molecule has 1 aromatic carbocycles. The number of aromatic nitrogens is 3. The summed E-state index contributed by atoms with van der Waals surface area (Å²) in [6.45, 7) is 12.7. The lowest BCUT2D eigenvalue weighted by atomic mass is 9.97. The van der Waals surface area contributed by atoms with Gasteiger partial charge in [0.05, 0.1) is 6.10 Å². The summed E-state index contributed by atoms with van der Waals surface area (Å²) < 4.78 is 8.19. The Hall–Kier alpha value is -2.36. The van der Waals surface area contributed by atoms with E-state index in [1.165, 1.54) is 22.3 Å². The van der Waals surface area contributed by atoms with Gasteiger partial charge in [0.25, 0.3) is 0 Å². The van der Waals surface area contributed by atoms with Crippen molar-refractivity contribution in [2.75, 3.05) is 0 Å². The Bertz CT molecular complexity index is 884. The van der Waals surface area contributed by atoms with Crippen LogP contribution in [0.4, 0.5) is 0 Å². The fourth-order valence-electron chi connectivity index (χ4n) is 3.50. The lowest BCUT2D eigenvalue weighted by Gasteiger charge is -2.17. The topological polar surface area (TPSA) is 39.4 Å². The molecule has 0 fully saturated rings. The third-order valence-corrected chi connectivity index (χ3v) is 4.71. The Labute approximate surface area is 149 Å². The minimum absolute atomic E-state index is 0.207. The zero-order valence-electron chi connectivity index (χ0n) is 16.1. The van der Waals surface area contributed by atoms with E-state index in [2.05, 4.69) is 46.8 Å². The van der Waals surface area contributed by atoms with Crippen LogP contribution in [0.5, 0.6) is 5.88 Å². The molecule has 0 atom stereocenters. The number of nitrogens with zero attached hydrogens (tertiary/aromatic N) is 3. The Morgan fingerprint density at radius 2 is 1.64 bits per heavy atom. The molecule has 0 unspecified atom stereocenters. The second-order valence-electron chi connectivity index (χ2n) is 6.85. The molecular formula is C21H27N3O. The Morgan fingerprint density at radius 3 is 2.24 bits per heavy atom. The fraction of sp³-hybridized carbons (Fsp3) is 0.429. The minimum atomic E-state index is 0.207. The molecule has 0 amide bonds. The second kappa shape index (κ2) is 6.87. The van der Waals surface area contributed by atoms with Gasteiger partial charge in [-0.1, -0.05) is 31.5 Å². The third-order valence-electron chi connectivity index (χ3n) is 4.71. The first kappa shape index (κ1) is 17.5. The van der Waals surface area contributed by atoms with E-state index in [9.17, 15) is 0 Å². The number of benzene rings is 1. The maximum atomic E-state index is 6.22. The molecule has 0 aliphatic rings. The first-order valence-corrected chi connectivity index (χ1v) is 9.04. The molecular weight excluding hydrogens is 310 g/mol. The number of aryl methyl sites for hydroxylation is 4. The van der Waals surface area contributed by atoms with Crippen molar-refractivity contribution < 1.29 is 4.74 Å². The maximum Gasteiger partial charge on any atom is 0.202 e. The van der Waals surface area contributed by atoms with Gasteiger partial charge < -0.3 is 4.74 Å². The van der Waals surface area contributed by atoms with Gasteiger partial charge in [0.1, 0.15) is 12.0 Å². The van der Waals surface area contributed by atoms with Gasteiger partial charge in [-0.15, -0.1) is 0 Å². The van der Waals surface area contributed by atoms with Crippen molar-refractivity contribution in [3.63, 3.8) is 0 Å². The molecule has 2 aromatic heterocycles. The number of imidazole rings is 1. The van der Waals surface area contributed by atoms with E-state index >= 15 is 0 Å². The third kappa shape index (κ3) is 3.26. The van der Waals surface area contributed by atoms with E-state index in [4.69, 9.17) is 14.7 Å². The van der Waals surface area contributed by atoms with Crippen LogP contribution in [0.3, 0.4) is 0 Å². The predicted molar refractivity (Wildman–Crippen MR) is 102 cm³/mol. The van der Waals surface area contributed by atoms with Gasteiger partial charge in [-0.3, -0.25) is 4.40 Å². The Balaban J connectivity index is 2.19. The molecule has 0 bridgehead atoms.